The van der Waals surface area contributed by atoms with Crippen LogP contribution < -0.4 is 15.6 Å². The van der Waals surface area contributed by atoms with Crippen LogP contribution in [0.5, 0.6) is 5.75 Å². The summed E-state index contributed by atoms with van der Waals surface area (Å²) in [5, 5.41) is 7.69. The van der Waals surface area contributed by atoms with Gasteiger partial charge in [-0.15, -0.1) is 0 Å². The average molecular weight is 413 g/mol. The summed E-state index contributed by atoms with van der Waals surface area (Å²) >= 11 is 6.36. The normalized spacial score (nSPS) is 12.0. The Hall–Kier alpha value is -2.83. The van der Waals surface area contributed by atoms with Crippen molar-refractivity contribution in [1.29, 1.82) is 0 Å². The zero-order valence-electron chi connectivity index (χ0n) is 16.8. The van der Waals surface area contributed by atoms with Gasteiger partial charge < -0.3 is 15.0 Å². The molecule has 3 rings (SSSR count). The molecule has 29 heavy (non-hydrogen) atoms. The molecule has 7 heteroatoms. The highest BCUT2D eigenvalue weighted by Crippen LogP contribution is 2.28. The van der Waals surface area contributed by atoms with Gasteiger partial charge in [-0.1, -0.05) is 60.1 Å². The van der Waals surface area contributed by atoms with Gasteiger partial charge in [0.05, 0.1) is 31.6 Å². The number of hydrogen-bond acceptors (Lipinski definition) is 5. The van der Waals surface area contributed by atoms with E-state index in [2.05, 4.69) is 15.3 Å². The Morgan fingerprint density at radius 1 is 1.14 bits per heavy atom. The third-order valence-electron chi connectivity index (χ3n) is 4.77. The molecule has 0 radical (unpaired) electrons. The van der Waals surface area contributed by atoms with E-state index in [0.717, 1.165) is 16.9 Å². The number of methoxy groups -OCH3 is 1. The Labute approximate surface area is 175 Å². The van der Waals surface area contributed by atoms with E-state index >= 15 is 0 Å². The molecule has 0 aliphatic carbocycles. The molecule has 0 spiro atoms. The number of benzene rings is 2. The third-order valence-corrected chi connectivity index (χ3v) is 5.13. The lowest BCUT2D eigenvalue weighted by molar-refractivity contribution is 0.300. The number of rotatable bonds is 8. The molecular weight excluding hydrogens is 388 g/mol. The zero-order chi connectivity index (χ0) is 20.8. The predicted octanol–water partition coefficient (Wildman–Crippen LogP) is 3.67. The van der Waals surface area contributed by atoms with Gasteiger partial charge in [-0.3, -0.25) is 4.79 Å². The SMILES string of the molecule is COc1ccccc1C(CNc1cnn(Cc2ccccc2)c(=O)c1Cl)N(C)C. The van der Waals surface area contributed by atoms with Crippen molar-refractivity contribution in [1.82, 2.24) is 14.7 Å². The van der Waals surface area contributed by atoms with Crippen LogP contribution in [0.1, 0.15) is 17.2 Å². The number of hydrogen-bond donors (Lipinski definition) is 1. The van der Waals surface area contributed by atoms with Crippen molar-refractivity contribution in [3.05, 3.63) is 87.3 Å². The van der Waals surface area contributed by atoms with Crippen molar-refractivity contribution in [2.24, 2.45) is 0 Å². The lowest BCUT2D eigenvalue weighted by Gasteiger charge is -2.27. The second-order valence-corrected chi connectivity index (χ2v) is 7.30. The number of para-hydroxylation sites is 1. The van der Waals surface area contributed by atoms with Crippen LogP contribution in [0.2, 0.25) is 5.02 Å². The molecule has 6 nitrogen and oxygen atoms in total. The fraction of sp³-hybridized carbons (Fsp3) is 0.273. The molecule has 0 amide bonds. The van der Waals surface area contributed by atoms with Gasteiger partial charge in [0.25, 0.3) is 5.56 Å². The van der Waals surface area contributed by atoms with Crippen LogP contribution in [0.4, 0.5) is 5.69 Å². The van der Waals surface area contributed by atoms with Gasteiger partial charge in [0, 0.05) is 12.1 Å². The Bertz CT molecular complexity index is 1010. The Kier molecular flexibility index (Phi) is 6.90. The molecule has 152 valence electrons. The summed E-state index contributed by atoms with van der Waals surface area (Å²) in [6.45, 7) is 0.915. The second kappa shape index (κ2) is 9.58. The number of likely N-dealkylation sites (N-methyl/N-ethyl adjacent to an activating group) is 1. The molecule has 1 N–H and O–H groups in total. The summed E-state index contributed by atoms with van der Waals surface area (Å²) in [4.78, 5) is 14.7. The van der Waals surface area contributed by atoms with Gasteiger partial charge in [-0.2, -0.15) is 5.10 Å². The van der Waals surface area contributed by atoms with Crippen molar-refractivity contribution >= 4 is 17.3 Å². The number of aromatic nitrogens is 2. The third kappa shape index (κ3) is 4.96. The largest absolute Gasteiger partial charge is 0.496 e. The fourth-order valence-corrected chi connectivity index (χ4v) is 3.39. The highest BCUT2D eigenvalue weighted by Gasteiger charge is 2.19. The van der Waals surface area contributed by atoms with E-state index in [0.29, 0.717) is 18.8 Å². The standard InChI is InChI=1S/C22H25ClN4O2/c1-26(2)19(17-11-7-8-12-20(17)29-3)14-24-18-13-25-27(22(28)21(18)23)15-16-9-5-4-6-10-16/h4-13,19,24H,14-15H2,1-3H3. The zero-order valence-corrected chi connectivity index (χ0v) is 17.6. The summed E-state index contributed by atoms with van der Waals surface area (Å²) in [6.07, 6.45) is 1.60. The smallest absolute Gasteiger partial charge is 0.287 e. The summed E-state index contributed by atoms with van der Waals surface area (Å²) < 4.78 is 6.87. The number of nitrogens with zero attached hydrogens (tertiary/aromatic N) is 3. The minimum absolute atomic E-state index is 0.0222. The maximum absolute atomic E-state index is 12.6. The van der Waals surface area contributed by atoms with E-state index in [-0.39, 0.29) is 16.6 Å². The van der Waals surface area contributed by atoms with Crippen LogP contribution in [-0.2, 0) is 6.54 Å². The lowest BCUT2D eigenvalue weighted by atomic mass is 10.0. The summed E-state index contributed by atoms with van der Waals surface area (Å²) in [7, 11) is 5.65. The van der Waals surface area contributed by atoms with Crippen LogP contribution in [0.15, 0.2) is 65.6 Å². The van der Waals surface area contributed by atoms with Crippen molar-refractivity contribution in [3.63, 3.8) is 0 Å². The maximum Gasteiger partial charge on any atom is 0.287 e. The quantitative estimate of drug-likeness (QED) is 0.611. The molecule has 1 aromatic heterocycles. The van der Waals surface area contributed by atoms with Crippen LogP contribution in [0, 0.1) is 0 Å². The van der Waals surface area contributed by atoms with Gasteiger partial charge in [-0.05, 0) is 25.7 Å². The summed E-state index contributed by atoms with van der Waals surface area (Å²) in [6, 6.07) is 17.6. The topological polar surface area (TPSA) is 59.4 Å². The van der Waals surface area contributed by atoms with Gasteiger partial charge in [0.1, 0.15) is 10.8 Å². The minimum Gasteiger partial charge on any atom is -0.496 e. The second-order valence-electron chi connectivity index (χ2n) is 6.92. The van der Waals surface area contributed by atoms with Gasteiger partial charge in [-0.25, -0.2) is 4.68 Å². The molecule has 3 aromatic rings. The maximum atomic E-state index is 12.6. The van der Waals surface area contributed by atoms with Crippen molar-refractivity contribution in [2.45, 2.75) is 12.6 Å². The van der Waals surface area contributed by atoms with Gasteiger partial charge in [0.15, 0.2) is 0 Å². The molecule has 1 unspecified atom stereocenters. The molecule has 0 saturated carbocycles. The highest BCUT2D eigenvalue weighted by molar-refractivity contribution is 6.32. The van der Waals surface area contributed by atoms with E-state index < -0.39 is 0 Å². The van der Waals surface area contributed by atoms with Crippen LogP contribution in [0.3, 0.4) is 0 Å². The van der Waals surface area contributed by atoms with Gasteiger partial charge >= 0.3 is 0 Å². The Morgan fingerprint density at radius 2 is 1.83 bits per heavy atom. The van der Waals surface area contributed by atoms with E-state index in [1.807, 2.05) is 68.7 Å². The highest BCUT2D eigenvalue weighted by atomic mass is 35.5. The van der Waals surface area contributed by atoms with Crippen LogP contribution in [0.25, 0.3) is 0 Å². The molecule has 1 heterocycles. The first-order valence-corrected chi connectivity index (χ1v) is 9.71. The molecule has 0 aliphatic rings. The lowest BCUT2D eigenvalue weighted by Crippen LogP contribution is -2.29. The van der Waals surface area contributed by atoms with E-state index in [1.165, 1.54) is 4.68 Å². The molecule has 0 bridgehead atoms. The van der Waals surface area contributed by atoms with Crippen molar-refractivity contribution < 1.29 is 4.74 Å². The van der Waals surface area contributed by atoms with E-state index in [9.17, 15) is 4.79 Å². The average Bonchev–Trinajstić information content (AvgIpc) is 2.74. The molecule has 0 fully saturated rings. The van der Waals surface area contributed by atoms with Crippen molar-refractivity contribution in [3.8, 4) is 5.75 Å². The minimum atomic E-state index is -0.320. The monoisotopic (exact) mass is 412 g/mol. The molecule has 0 saturated heterocycles. The first-order chi connectivity index (χ1) is 14.0. The molecular formula is C22H25ClN4O2. The number of halogens is 1. The Morgan fingerprint density at radius 3 is 2.52 bits per heavy atom. The van der Waals surface area contributed by atoms with Crippen LogP contribution in [-0.4, -0.2) is 42.4 Å². The van der Waals surface area contributed by atoms with Gasteiger partial charge in [0.2, 0.25) is 0 Å². The number of ether oxygens (including phenoxy) is 1. The summed E-state index contributed by atoms with van der Waals surface area (Å²) in [5.74, 6) is 0.815. The fourth-order valence-electron chi connectivity index (χ4n) is 3.18. The molecule has 0 aliphatic heterocycles. The first kappa shape index (κ1) is 20.9. The number of nitrogens with one attached hydrogen (secondary N) is 1. The molecule has 1 atom stereocenters. The van der Waals surface area contributed by atoms with Crippen LogP contribution >= 0.6 is 11.6 Å². The summed E-state index contributed by atoms with van der Waals surface area (Å²) in [5.41, 5.74) is 2.23. The predicted molar refractivity (Wildman–Crippen MR) is 117 cm³/mol. The van der Waals surface area contributed by atoms with E-state index in [1.54, 1.807) is 13.3 Å². The van der Waals surface area contributed by atoms with E-state index in [4.69, 9.17) is 16.3 Å². The van der Waals surface area contributed by atoms with Crippen molar-refractivity contribution in [2.75, 3.05) is 33.1 Å². The Balaban J connectivity index is 1.79. The molecule has 2 aromatic carbocycles. The number of anilines is 1. The first-order valence-electron chi connectivity index (χ1n) is 9.34.